The van der Waals surface area contributed by atoms with E-state index in [0.29, 0.717) is 65.2 Å². The van der Waals surface area contributed by atoms with Gasteiger partial charge in [0.2, 0.25) is 11.8 Å². The molecule has 0 aromatic heterocycles. The molecule has 2 amide bonds. The number of carbonyl (C=O) groups is 2. The summed E-state index contributed by atoms with van der Waals surface area (Å²) in [7, 11) is -1.46. The summed E-state index contributed by atoms with van der Waals surface area (Å²) in [5.41, 5.74) is -0.400. The number of hydrogen-bond donors (Lipinski definition) is 0. The number of likely N-dealkylation sites (N-methyl/N-ethyl adjacent to an activating group) is 1. The van der Waals surface area contributed by atoms with Crippen LogP contribution in [0, 0.1) is 11.3 Å². The van der Waals surface area contributed by atoms with Crippen molar-refractivity contribution in [1.82, 2.24) is 23.3 Å². The molecule has 3 aliphatic rings. The highest BCUT2D eigenvalue weighted by atomic mass is 32.2. The van der Waals surface area contributed by atoms with Crippen LogP contribution < -0.4 is 0 Å². The first-order chi connectivity index (χ1) is 14.0. The summed E-state index contributed by atoms with van der Waals surface area (Å²) in [5.74, 6) is 0.167. The minimum atomic E-state index is -3.46. The third-order valence-electron chi connectivity index (χ3n) is 6.44. The topological polar surface area (TPSA) is 84.5 Å². The molecule has 0 unspecified atom stereocenters. The van der Waals surface area contributed by atoms with Crippen molar-refractivity contribution in [3.05, 3.63) is 0 Å². The number of piperidine rings is 1. The van der Waals surface area contributed by atoms with Gasteiger partial charge in [-0.05, 0) is 19.9 Å². The number of hydrogen-bond acceptors (Lipinski definition) is 5. The summed E-state index contributed by atoms with van der Waals surface area (Å²) >= 11 is 0. The summed E-state index contributed by atoms with van der Waals surface area (Å²) in [4.78, 5) is 31.2. The van der Waals surface area contributed by atoms with Gasteiger partial charge in [-0.2, -0.15) is 17.0 Å². The van der Waals surface area contributed by atoms with Gasteiger partial charge in [0.05, 0.1) is 0 Å². The van der Waals surface area contributed by atoms with E-state index >= 15 is 0 Å². The van der Waals surface area contributed by atoms with Crippen molar-refractivity contribution in [2.75, 3.05) is 72.5 Å². The molecule has 0 spiro atoms. The monoisotopic (exact) mass is 443 g/mol. The molecular formula is C20H37N5O4S. The van der Waals surface area contributed by atoms with E-state index in [1.165, 1.54) is 4.31 Å². The Morgan fingerprint density at radius 1 is 0.733 bits per heavy atom. The smallest absolute Gasteiger partial charge is 0.282 e. The van der Waals surface area contributed by atoms with Crippen molar-refractivity contribution in [1.29, 1.82) is 0 Å². The molecule has 9 nitrogen and oxygen atoms in total. The van der Waals surface area contributed by atoms with Crippen LogP contribution in [-0.4, -0.2) is 116 Å². The maximum atomic E-state index is 13.0. The van der Waals surface area contributed by atoms with Gasteiger partial charge in [0.25, 0.3) is 10.2 Å². The maximum Gasteiger partial charge on any atom is 0.282 e. The Hall–Kier alpha value is -1.23. The number of rotatable bonds is 3. The highest BCUT2D eigenvalue weighted by molar-refractivity contribution is 7.86. The molecule has 0 saturated carbocycles. The van der Waals surface area contributed by atoms with Gasteiger partial charge in [-0.3, -0.25) is 9.59 Å². The van der Waals surface area contributed by atoms with E-state index in [4.69, 9.17) is 0 Å². The highest BCUT2D eigenvalue weighted by Crippen LogP contribution is 2.25. The second kappa shape index (κ2) is 9.10. The van der Waals surface area contributed by atoms with Crippen LogP contribution in [0.2, 0.25) is 0 Å². The molecule has 3 fully saturated rings. The molecule has 10 heteroatoms. The normalized spacial score (nSPS) is 24.3. The molecule has 0 N–H and O–H groups in total. The minimum Gasteiger partial charge on any atom is -0.342 e. The van der Waals surface area contributed by atoms with E-state index in [1.54, 1.807) is 4.31 Å². The fourth-order valence-corrected chi connectivity index (χ4v) is 5.96. The molecule has 0 aromatic rings. The van der Waals surface area contributed by atoms with Crippen LogP contribution in [0.25, 0.3) is 0 Å². The van der Waals surface area contributed by atoms with Crippen molar-refractivity contribution >= 4 is 22.0 Å². The number of nitrogens with zero attached hydrogens (tertiary/aromatic N) is 5. The predicted octanol–water partition coefficient (Wildman–Crippen LogP) is -0.0925. The number of piperazine rings is 2. The molecule has 0 atom stereocenters. The summed E-state index contributed by atoms with van der Waals surface area (Å²) in [5, 5.41) is 0. The van der Waals surface area contributed by atoms with Gasteiger partial charge in [-0.25, -0.2) is 0 Å². The second-order valence-electron chi connectivity index (χ2n) is 9.75. The quantitative estimate of drug-likeness (QED) is 0.609. The Balaban J connectivity index is 1.48. The zero-order chi connectivity index (χ0) is 22.1. The van der Waals surface area contributed by atoms with Gasteiger partial charge < -0.3 is 14.7 Å². The van der Waals surface area contributed by atoms with Gasteiger partial charge in [0.1, 0.15) is 0 Å². The molecule has 3 saturated heterocycles. The average molecular weight is 444 g/mol. The first kappa shape index (κ1) is 23.4. The van der Waals surface area contributed by atoms with Crippen molar-refractivity contribution < 1.29 is 18.0 Å². The average Bonchev–Trinajstić information content (AvgIpc) is 2.72. The Morgan fingerprint density at radius 2 is 1.20 bits per heavy atom. The molecular weight excluding hydrogens is 406 g/mol. The summed E-state index contributed by atoms with van der Waals surface area (Å²) < 4.78 is 28.9. The van der Waals surface area contributed by atoms with Gasteiger partial charge in [0, 0.05) is 76.8 Å². The van der Waals surface area contributed by atoms with Gasteiger partial charge in [-0.1, -0.05) is 20.8 Å². The van der Waals surface area contributed by atoms with E-state index in [0.717, 1.165) is 13.1 Å². The standard InChI is InChI=1S/C20H37N5O4S/c1-20(2,3)19(27)23-7-5-17(6-8-23)18(26)22-11-15-25(16-12-22)30(28,29)24-13-9-21(4)10-14-24/h17H,5-16H2,1-4H3. The number of carbonyl (C=O) groups excluding carboxylic acids is 2. The Kier molecular flexibility index (Phi) is 7.11. The van der Waals surface area contributed by atoms with Gasteiger partial charge >= 0.3 is 0 Å². The minimum absolute atomic E-state index is 0.0743. The van der Waals surface area contributed by atoms with E-state index in [-0.39, 0.29) is 17.7 Å². The van der Waals surface area contributed by atoms with Crippen molar-refractivity contribution in [3.63, 3.8) is 0 Å². The van der Waals surface area contributed by atoms with Crippen molar-refractivity contribution in [2.24, 2.45) is 11.3 Å². The lowest BCUT2D eigenvalue weighted by molar-refractivity contribution is -0.145. The lowest BCUT2D eigenvalue weighted by Crippen LogP contribution is -2.58. The van der Waals surface area contributed by atoms with Crippen LogP contribution in [0.4, 0.5) is 0 Å². The first-order valence-electron chi connectivity index (χ1n) is 11.0. The Labute approximate surface area is 181 Å². The van der Waals surface area contributed by atoms with E-state index in [9.17, 15) is 18.0 Å². The Bertz CT molecular complexity index is 727. The van der Waals surface area contributed by atoms with Crippen LogP contribution in [0.5, 0.6) is 0 Å². The molecule has 3 heterocycles. The van der Waals surface area contributed by atoms with Crippen LogP contribution in [0.15, 0.2) is 0 Å². The molecule has 0 aromatic carbocycles. The predicted molar refractivity (Wildman–Crippen MR) is 115 cm³/mol. The Morgan fingerprint density at radius 3 is 1.67 bits per heavy atom. The molecule has 30 heavy (non-hydrogen) atoms. The van der Waals surface area contributed by atoms with Crippen molar-refractivity contribution in [3.8, 4) is 0 Å². The zero-order valence-corrected chi connectivity index (χ0v) is 19.7. The molecule has 172 valence electrons. The van der Waals surface area contributed by atoms with Gasteiger partial charge in [0.15, 0.2) is 0 Å². The third-order valence-corrected chi connectivity index (χ3v) is 8.47. The van der Waals surface area contributed by atoms with Crippen LogP contribution in [0.1, 0.15) is 33.6 Å². The zero-order valence-electron chi connectivity index (χ0n) is 18.8. The van der Waals surface area contributed by atoms with E-state index in [2.05, 4.69) is 4.90 Å². The summed E-state index contributed by atoms with van der Waals surface area (Å²) in [6.07, 6.45) is 1.36. The molecule has 0 radical (unpaired) electrons. The maximum absolute atomic E-state index is 13.0. The fourth-order valence-electron chi connectivity index (χ4n) is 4.38. The summed E-state index contributed by atoms with van der Waals surface area (Å²) in [6.45, 7) is 11.1. The van der Waals surface area contributed by atoms with Crippen LogP contribution in [0.3, 0.4) is 0 Å². The summed E-state index contributed by atoms with van der Waals surface area (Å²) in [6, 6.07) is 0. The van der Waals surface area contributed by atoms with Crippen LogP contribution in [-0.2, 0) is 19.8 Å². The van der Waals surface area contributed by atoms with E-state index in [1.807, 2.05) is 37.6 Å². The third kappa shape index (κ3) is 5.15. The first-order valence-corrected chi connectivity index (χ1v) is 12.4. The van der Waals surface area contributed by atoms with Crippen LogP contribution >= 0.6 is 0 Å². The molecule has 3 rings (SSSR count). The molecule has 0 bridgehead atoms. The lowest BCUT2D eigenvalue weighted by Gasteiger charge is -2.41. The molecule has 3 aliphatic heterocycles. The molecule has 0 aliphatic carbocycles. The highest BCUT2D eigenvalue weighted by Gasteiger charge is 2.37. The van der Waals surface area contributed by atoms with Crippen molar-refractivity contribution in [2.45, 2.75) is 33.6 Å². The largest absolute Gasteiger partial charge is 0.342 e. The fraction of sp³-hybridized carbons (Fsp3) is 0.900. The number of likely N-dealkylation sites (tertiary alicyclic amines) is 1. The second-order valence-corrected chi connectivity index (χ2v) is 11.7. The van der Waals surface area contributed by atoms with Gasteiger partial charge in [-0.15, -0.1) is 0 Å². The lowest BCUT2D eigenvalue weighted by atomic mass is 9.90. The SMILES string of the molecule is CN1CCN(S(=O)(=O)N2CCN(C(=O)C3CCN(C(=O)C(C)(C)C)CC3)CC2)CC1. The number of amides is 2. The van der Waals surface area contributed by atoms with E-state index < -0.39 is 15.6 Å².